The number of hydrogen-bond acceptors (Lipinski definition) is 5. The molecule has 0 spiro atoms. The van der Waals surface area contributed by atoms with Crippen LogP contribution in [0.15, 0.2) is 41.0 Å². The van der Waals surface area contributed by atoms with Gasteiger partial charge in [0.05, 0.1) is 18.9 Å². The molecular formula is C18H18N2O5. The first-order valence-electron chi connectivity index (χ1n) is 7.88. The van der Waals surface area contributed by atoms with Crippen LogP contribution in [0.25, 0.3) is 0 Å². The summed E-state index contributed by atoms with van der Waals surface area (Å²) in [5.41, 5.74) is 2.10. The molecule has 2 aromatic rings. The van der Waals surface area contributed by atoms with E-state index >= 15 is 0 Å². The Kier molecular flexibility index (Phi) is 4.56. The summed E-state index contributed by atoms with van der Waals surface area (Å²) in [5.74, 6) is -0.911. The fourth-order valence-corrected chi connectivity index (χ4v) is 2.85. The van der Waals surface area contributed by atoms with Crippen molar-refractivity contribution in [2.24, 2.45) is 0 Å². The van der Waals surface area contributed by atoms with Gasteiger partial charge in [0.2, 0.25) is 5.91 Å². The van der Waals surface area contributed by atoms with Gasteiger partial charge in [0.1, 0.15) is 6.04 Å². The molecule has 1 aliphatic heterocycles. The normalized spacial score (nSPS) is 13.9. The maximum Gasteiger partial charge on any atom is 0.337 e. The summed E-state index contributed by atoms with van der Waals surface area (Å²) in [6.45, 7) is 2.13. The van der Waals surface area contributed by atoms with Gasteiger partial charge in [-0.2, -0.15) is 0 Å². The quantitative estimate of drug-likeness (QED) is 0.856. The molecule has 2 heterocycles. The molecule has 1 atom stereocenters. The predicted octanol–water partition coefficient (Wildman–Crippen LogP) is 1.77. The molecule has 0 aliphatic carbocycles. The monoisotopic (exact) mass is 342 g/mol. The minimum Gasteiger partial charge on any atom is -0.465 e. The number of carbonyl (C=O) groups excluding carboxylic acids is 3. The van der Waals surface area contributed by atoms with Gasteiger partial charge in [0.25, 0.3) is 5.91 Å². The second-order valence-electron chi connectivity index (χ2n) is 5.75. The molecule has 130 valence electrons. The Morgan fingerprint density at radius 3 is 2.76 bits per heavy atom. The minimum atomic E-state index is -0.705. The Balaban J connectivity index is 1.72. The first-order valence-corrected chi connectivity index (χ1v) is 7.88. The summed E-state index contributed by atoms with van der Waals surface area (Å²) in [5, 5.41) is 2.63. The van der Waals surface area contributed by atoms with E-state index in [1.807, 2.05) is 0 Å². The standard InChI is InChI=1S/C18H18N2O5/c1-11(19-16(21)15-4-3-9-25-15)17(22)20-8-7-12-10-13(18(23)24-2)5-6-14(12)20/h3-6,9-11H,7-8H2,1-2H3,(H,19,21). The smallest absolute Gasteiger partial charge is 0.337 e. The molecule has 0 bridgehead atoms. The molecule has 0 fully saturated rings. The van der Waals surface area contributed by atoms with Crippen molar-refractivity contribution in [3.05, 3.63) is 53.5 Å². The van der Waals surface area contributed by atoms with Crippen LogP contribution in [0.1, 0.15) is 33.4 Å². The van der Waals surface area contributed by atoms with Gasteiger partial charge >= 0.3 is 5.97 Å². The van der Waals surface area contributed by atoms with E-state index in [4.69, 9.17) is 9.15 Å². The zero-order valence-electron chi connectivity index (χ0n) is 13.9. The lowest BCUT2D eigenvalue weighted by molar-refractivity contribution is -0.119. The molecule has 1 aromatic heterocycles. The van der Waals surface area contributed by atoms with E-state index < -0.39 is 17.9 Å². The fraction of sp³-hybridized carbons (Fsp3) is 0.278. The molecule has 1 aliphatic rings. The van der Waals surface area contributed by atoms with Crippen molar-refractivity contribution in [2.75, 3.05) is 18.6 Å². The van der Waals surface area contributed by atoms with E-state index in [1.54, 1.807) is 36.1 Å². The maximum atomic E-state index is 12.7. The molecule has 7 heteroatoms. The summed E-state index contributed by atoms with van der Waals surface area (Å²) >= 11 is 0. The van der Waals surface area contributed by atoms with Crippen molar-refractivity contribution in [1.82, 2.24) is 5.32 Å². The van der Waals surface area contributed by atoms with E-state index in [0.717, 1.165) is 11.3 Å². The molecule has 1 unspecified atom stereocenters. The van der Waals surface area contributed by atoms with Crippen molar-refractivity contribution in [3.63, 3.8) is 0 Å². The van der Waals surface area contributed by atoms with Gasteiger partial charge in [-0.1, -0.05) is 0 Å². The van der Waals surface area contributed by atoms with Crippen LogP contribution in [0.4, 0.5) is 5.69 Å². The van der Waals surface area contributed by atoms with E-state index in [9.17, 15) is 14.4 Å². The Bertz CT molecular complexity index is 813. The van der Waals surface area contributed by atoms with Crippen LogP contribution in [0.5, 0.6) is 0 Å². The van der Waals surface area contributed by atoms with Gasteiger partial charge in [0.15, 0.2) is 5.76 Å². The number of esters is 1. The highest BCUT2D eigenvalue weighted by molar-refractivity contribution is 6.03. The topological polar surface area (TPSA) is 88.9 Å². The Hall–Kier alpha value is -3.09. The van der Waals surface area contributed by atoms with E-state index in [0.29, 0.717) is 18.5 Å². The zero-order chi connectivity index (χ0) is 18.0. The molecule has 1 N–H and O–H groups in total. The summed E-state index contributed by atoms with van der Waals surface area (Å²) < 4.78 is 9.73. The van der Waals surface area contributed by atoms with Crippen molar-refractivity contribution >= 4 is 23.5 Å². The molecule has 25 heavy (non-hydrogen) atoms. The lowest BCUT2D eigenvalue weighted by atomic mass is 10.1. The molecule has 3 rings (SSSR count). The van der Waals surface area contributed by atoms with Crippen LogP contribution in [0.2, 0.25) is 0 Å². The zero-order valence-corrected chi connectivity index (χ0v) is 13.9. The van der Waals surface area contributed by atoms with Gasteiger partial charge in [0, 0.05) is 12.2 Å². The van der Waals surface area contributed by atoms with Crippen LogP contribution in [-0.2, 0) is 16.0 Å². The number of hydrogen-bond donors (Lipinski definition) is 1. The van der Waals surface area contributed by atoms with Crippen LogP contribution in [0.3, 0.4) is 0 Å². The highest BCUT2D eigenvalue weighted by Gasteiger charge is 2.29. The number of methoxy groups -OCH3 is 1. The second-order valence-corrected chi connectivity index (χ2v) is 5.75. The van der Waals surface area contributed by atoms with Crippen molar-refractivity contribution < 1.29 is 23.5 Å². The van der Waals surface area contributed by atoms with Crippen molar-refractivity contribution in [2.45, 2.75) is 19.4 Å². The van der Waals surface area contributed by atoms with Crippen LogP contribution < -0.4 is 10.2 Å². The number of anilines is 1. The summed E-state index contributed by atoms with van der Waals surface area (Å²) in [4.78, 5) is 37.9. The van der Waals surface area contributed by atoms with Crippen molar-refractivity contribution in [1.29, 1.82) is 0 Å². The molecule has 7 nitrogen and oxygen atoms in total. The summed E-state index contributed by atoms with van der Waals surface area (Å²) in [6.07, 6.45) is 2.04. The highest BCUT2D eigenvalue weighted by Crippen LogP contribution is 2.29. The van der Waals surface area contributed by atoms with Gasteiger partial charge < -0.3 is 19.4 Å². The molecule has 0 radical (unpaired) electrons. The average molecular weight is 342 g/mol. The number of benzene rings is 1. The Morgan fingerprint density at radius 1 is 1.28 bits per heavy atom. The third-order valence-corrected chi connectivity index (χ3v) is 4.13. The number of nitrogens with one attached hydrogen (secondary N) is 1. The Morgan fingerprint density at radius 2 is 2.08 bits per heavy atom. The molecule has 2 amide bonds. The second kappa shape index (κ2) is 6.80. The van der Waals surface area contributed by atoms with Gasteiger partial charge in [-0.25, -0.2) is 4.79 Å². The van der Waals surface area contributed by atoms with Gasteiger partial charge in [-0.05, 0) is 49.2 Å². The lowest BCUT2D eigenvalue weighted by Crippen LogP contribution is -2.46. The van der Waals surface area contributed by atoms with Gasteiger partial charge in [-0.3, -0.25) is 9.59 Å². The van der Waals surface area contributed by atoms with Crippen LogP contribution in [-0.4, -0.2) is 37.5 Å². The lowest BCUT2D eigenvalue weighted by Gasteiger charge is -2.22. The largest absolute Gasteiger partial charge is 0.465 e. The van der Waals surface area contributed by atoms with Crippen LogP contribution in [0, 0.1) is 0 Å². The first kappa shape index (κ1) is 16.8. The minimum absolute atomic E-state index is 0.157. The maximum absolute atomic E-state index is 12.7. The molecule has 0 saturated carbocycles. The fourth-order valence-electron chi connectivity index (χ4n) is 2.85. The number of nitrogens with zero attached hydrogens (tertiary/aromatic N) is 1. The van der Waals surface area contributed by atoms with Gasteiger partial charge in [-0.15, -0.1) is 0 Å². The molecule has 0 saturated heterocycles. The number of furan rings is 1. The number of fused-ring (bicyclic) bond motifs is 1. The summed E-state index contributed by atoms with van der Waals surface area (Å²) in [6, 6.07) is 7.53. The third-order valence-electron chi connectivity index (χ3n) is 4.13. The third kappa shape index (κ3) is 3.26. The Labute approximate surface area is 144 Å². The number of rotatable bonds is 4. The molecular weight excluding hydrogens is 324 g/mol. The molecule has 1 aromatic carbocycles. The van der Waals surface area contributed by atoms with E-state index in [1.165, 1.54) is 19.4 Å². The van der Waals surface area contributed by atoms with Crippen LogP contribution >= 0.6 is 0 Å². The average Bonchev–Trinajstić information content (AvgIpc) is 3.29. The number of ether oxygens (including phenoxy) is 1. The highest BCUT2D eigenvalue weighted by atomic mass is 16.5. The number of carbonyl (C=O) groups is 3. The van der Waals surface area contributed by atoms with E-state index in [2.05, 4.69) is 5.32 Å². The predicted molar refractivity (Wildman–Crippen MR) is 89.5 cm³/mol. The number of amides is 2. The SMILES string of the molecule is COC(=O)c1ccc2c(c1)CCN2C(=O)C(C)NC(=O)c1ccco1. The van der Waals surface area contributed by atoms with Crippen molar-refractivity contribution in [3.8, 4) is 0 Å². The first-order chi connectivity index (χ1) is 12.0. The summed E-state index contributed by atoms with van der Waals surface area (Å²) in [7, 11) is 1.33. The van der Waals surface area contributed by atoms with E-state index in [-0.39, 0.29) is 11.7 Å².